The van der Waals surface area contributed by atoms with Crippen molar-refractivity contribution in [3.63, 3.8) is 0 Å². The monoisotopic (exact) mass is 383 g/mol. The van der Waals surface area contributed by atoms with Gasteiger partial charge in [-0.2, -0.15) is 0 Å². The molecule has 0 atom stereocenters. The second-order valence-corrected chi connectivity index (χ2v) is 9.23. The summed E-state index contributed by atoms with van der Waals surface area (Å²) in [6, 6.07) is 12.8. The Morgan fingerprint density at radius 1 is 1.07 bits per heavy atom. The van der Waals surface area contributed by atoms with Gasteiger partial charge in [-0.05, 0) is 59.9 Å². The second kappa shape index (κ2) is 9.57. The highest BCUT2D eigenvalue weighted by molar-refractivity contribution is 7.99. The summed E-state index contributed by atoms with van der Waals surface area (Å²) in [6.45, 7) is 11.4. The Morgan fingerprint density at radius 2 is 1.78 bits per heavy atom. The second-order valence-electron chi connectivity index (χ2n) is 8.12. The van der Waals surface area contributed by atoms with E-state index in [9.17, 15) is 4.79 Å². The van der Waals surface area contributed by atoms with Crippen LogP contribution in [0.3, 0.4) is 0 Å². The van der Waals surface area contributed by atoms with Crippen molar-refractivity contribution in [1.82, 2.24) is 0 Å². The largest absolute Gasteiger partial charge is 0.330 e. The molecule has 0 unspecified atom stereocenters. The van der Waals surface area contributed by atoms with Crippen molar-refractivity contribution in [3.05, 3.63) is 64.2 Å². The summed E-state index contributed by atoms with van der Waals surface area (Å²) in [5.41, 5.74) is 12.1. The lowest BCUT2D eigenvalue weighted by molar-refractivity contribution is 0.101. The van der Waals surface area contributed by atoms with Crippen molar-refractivity contribution < 1.29 is 4.79 Å². The number of benzene rings is 2. The van der Waals surface area contributed by atoms with E-state index in [-0.39, 0.29) is 11.2 Å². The average Bonchev–Trinajstić information content (AvgIpc) is 2.63. The summed E-state index contributed by atoms with van der Waals surface area (Å²) in [7, 11) is 0. The molecule has 0 aliphatic carbocycles. The number of thioether (sulfide) groups is 1. The molecule has 2 aromatic carbocycles. The fraction of sp³-hybridized carbons (Fsp3) is 0.458. The van der Waals surface area contributed by atoms with Gasteiger partial charge in [0, 0.05) is 22.8 Å². The van der Waals surface area contributed by atoms with Gasteiger partial charge >= 0.3 is 0 Å². The van der Waals surface area contributed by atoms with Gasteiger partial charge in [0.1, 0.15) is 0 Å². The zero-order chi connectivity index (χ0) is 20.0. The number of nitrogens with two attached hydrogens (primary N) is 1. The summed E-state index contributed by atoms with van der Waals surface area (Å²) in [4.78, 5) is 13.1. The van der Waals surface area contributed by atoms with Crippen LogP contribution in [-0.2, 0) is 24.7 Å². The zero-order valence-corrected chi connectivity index (χ0v) is 18.2. The van der Waals surface area contributed by atoms with Crippen LogP contribution >= 0.6 is 11.8 Å². The summed E-state index contributed by atoms with van der Waals surface area (Å²) in [5, 5.41) is 0. The van der Waals surface area contributed by atoms with Crippen molar-refractivity contribution in [2.24, 2.45) is 5.73 Å². The lowest BCUT2D eigenvalue weighted by Gasteiger charge is -2.24. The first-order valence-corrected chi connectivity index (χ1v) is 10.8. The third-order valence-corrected chi connectivity index (χ3v) is 6.12. The molecule has 0 radical (unpaired) electrons. The van der Waals surface area contributed by atoms with E-state index in [0.717, 1.165) is 30.6 Å². The number of rotatable bonds is 8. The summed E-state index contributed by atoms with van der Waals surface area (Å²) in [5.74, 6) is 1.06. The number of carbonyl (C=O) groups excluding carboxylic acids is 1. The molecule has 2 N–H and O–H groups in total. The van der Waals surface area contributed by atoms with E-state index in [4.69, 9.17) is 5.73 Å². The van der Waals surface area contributed by atoms with Crippen molar-refractivity contribution in [3.8, 4) is 0 Å². The Bertz CT molecular complexity index is 789. The SMILES string of the molecule is CCc1cc(C(C)(C)C)cc(CCc2cccc(C(C)=O)c2)c1SCCN. The molecule has 0 saturated carbocycles. The molecule has 146 valence electrons. The van der Waals surface area contributed by atoms with E-state index in [2.05, 4.69) is 45.9 Å². The van der Waals surface area contributed by atoms with Crippen LogP contribution in [0.2, 0.25) is 0 Å². The van der Waals surface area contributed by atoms with Gasteiger partial charge in [0.25, 0.3) is 0 Å². The van der Waals surface area contributed by atoms with Gasteiger partial charge in [0.15, 0.2) is 5.78 Å². The Hall–Kier alpha value is -1.58. The molecule has 2 nitrogen and oxygen atoms in total. The van der Waals surface area contributed by atoms with Crippen LogP contribution in [0.4, 0.5) is 0 Å². The molecule has 0 aliphatic rings. The minimum absolute atomic E-state index is 0.124. The Labute approximate surface area is 168 Å². The predicted octanol–water partition coefficient (Wildman–Crippen LogP) is 5.59. The van der Waals surface area contributed by atoms with Crippen molar-refractivity contribution in [1.29, 1.82) is 0 Å². The molecule has 3 heteroatoms. The molecule has 0 spiro atoms. The first-order chi connectivity index (χ1) is 12.8. The molecule has 0 saturated heterocycles. The van der Waals surface area contributed by atoms with Crippen LogP contribution in [0.1, 0.15) is 67.2 Å². The van der Waals surface area contributed by atoms with Crippen molar-refractivity contribution in [2.75, 3.05) is 12.3 Å². The van der Waals surface area contributed by atoms with Crippen LogP contribution in [-0.4, -0.2) is 18.1 Å². The van der Waals surface area contributed by atoms with Crippen molar-refractivity contribution >= 4 is 17.5 Å². The highest BCUT2D eigenvalue weighted by Gasteiger charge is 2.18. The maximum Gasteiger partial charge on any atom is 0.159 e. The van der Waals surface area contributed by atoms with Crippen LogP contribution in [0, 0.1) is 0 Å². The number of aryl methyl sites for hydroxylation is 3. The summed E-state index contributed by atoms with van der Waals surface area (Å²) in [6.07, 6.45) is 2.95. The van der Waals surface area contributed by atoms with Crippen LogP contribution in [0.5, 0.6) is 0 Å². The fourth-order valence-electron chi connectivity index (χ4n) is 3.21. The molecular weight excluding hydrogens is 350 g/mol. The molecule has 2 aromatic rings. The van der Waals surface area contributed by atoms with Gasteiger partial charge in [-0.15, -0.1) is 11.8 Å². The number of carbonyl (C=O) groups is 1. The minimum Gasteiger partial charge on any atom is -0.330 e. The minimum atomic E-state index is 0.124. The maximum atomic E-state index is 11.7. The van der Waals surface area contributed by atoms with E-state index in [1.165, 1.54) is 27.1 Å². The Kier molecular flexibility index (Phi) is 7.69. The predicted molar refractivity (Wildman–Crippen MR) is 118 cm³/mol. The standard InChI is InChI=1S/C24H33NOS/c1-6-19-15-22(24(3,4)5)16-21(23(19)27-13-12-25)11-10-18-8-7-9-20(14-18)17(2)26/h7-9,14-16H,6,10-13,25H2,1-5H3. The van der Waals surface area contributed by atoms with Crippen LogP contribution < -0.4 is 5.73 Å². The number of ketones is 1. The van der Waals surface area contributed by atoms with E-state index in [1.807, 2.05) is 30.0 Å². The fourth-order valence-corrected chi connectivity index (χ4v) is 4.26. The number of hydrogen-bond donors (Lipinski definition) is 1. The van der Waals surface area contributed by atoms with E-state index in [0.29, 0.717) is 6.54 Å². The lowest BCUT2D eigenvalue weighted by Crippen LogP contribution is -2.13. The van der Waals surface area contributed by atoms with Gasteiger partial charge in [-0.25, -0.2) is 0 Å². The first-order valence-electron chi connectivity index (χ1n) is 9.85. The van der Waals surface area contributed by atoms with E-state index < -0.39 is 0 Å². The highest BCUT2D eigenvalue weighted by Crippen LogP contribution is 2.34. The molecule has 0 aromatic heterocycles. The zero-order valence-electron chi connectivity index (χ0n) is 17.4. The topological polar surface area (TPSA) is 43.1 Å². The molecular formula is C24H33NOS. The highest BCUT2D eigenvalue weighted by atomic mass is 32.2. The van der Waals surface area contributed by atoms with Gasteiger partial charge in [-0.3, -0.25) is 4.79 Å². The molecule has 0 heterocycles. The lowest BCUT2D eigenvalue weighted by atomic mass is 9.84. The average molecular weight is 384 g/mol. The van der Waals surface area contributed by atoms with E-state index >= 15 is 0 Å². The third kappa shape index (κ3) is 5.95. The molecule has 0 fully saturated rings. The smallest absolute Gasteiger partial charge is 0.159 e. The quantitative estimate of drug-likeness (QED) is 0.477. The van der Waals surface area contributed by atoms with Crippen molar-refractivity contribution in [2.45, 2.75) is 64.2 Å². The van der Waals surface area contributed by atoms with Gasteiger partial charge in [-0.1, -0.05) is 58.0 Å². The van der Waals surface area contributed by atoms with Gasteiger partial charge < -0.3 is 5.73 Å². The first kappa shape index (κ1) is 21.7. The van der Waals surface area contributed by atoms with E-state index in [1.54, 1.807) is 6.92 Å². The molecule has 0 bridgehead atoms. The summed E-state index contributed by atoms with van der Waals surface area (Å²) >= 11 is 1.88. The normalized spacial score (nSPS) is 11.6. The Balaban J connectivity index is 2.37. The molecule has 27 heavy (non-hydrogen) atoms. The third-order valence-electron chi connectivity index (χ3n) is 4.87. The molecule has 0 amide bonds. The summed E-state index contributed by atoms with van der Waals surface area (Å²) < 4.78 is 0. The van der Waals surface area contributed by atoms with Crippen LogP contribution in [0.15, 0.2) is 41.3 Å². The number of hydrogen-bond acceptors (Lipinski definition) is 3. The maximum absolute atomic E-state index is 11.7. The van der Waals surface area contributed by atoms with Gasteiger partial charge in [0.2, 0.25) is 0 Å². The van der Waals surface area contributed by atoms with Gasteiger partial charge in [0.05, 0.1) is 0 Å². The van der Waals surface area contributed by atoms with Crippen LogP contribution in [0.25, 0.3) is 0 Å². The molecule has 2 rings (SSSR count). The Morgan fingerprint density at radius 3 is 2.37 bits per heavy atom. The number of Topliss-reactive ketones (excluding diaryl/α,β-unsaturated/α-hetero) is 1. The molecule has 0 aliphatic heterocycles.